The molecular formula is C24H22N2O4S. The van der Waals surface area contributed by atoms with Gasteiger partial charge in [-0.15, -0.1) is 11.8 Å². The summed E-state index contributed by atoms with van der Waals surface area (Å²) in [5.41, 5.74) is 3.47. The molecule has 6 nitrogen and oxygen atoms in total. The number of nitrogens with one attached hydrogen (secondary N) is 2. The summed E-state index contributed by atoms with van der Waals surface area (Å²) >= 11 is 1.34. The first kappa shape index (κ1) is 22.1. The Hall–Kier alpha value is -3.58. The zero-order valence-corrected chi connectivity index (χ0v) is 18.0. The van der Waals surface area contributed by atoms with Crippen LogP contribution in [-0.2, 0) is 4.79 Å². The van der Waals surface area contributed by atoms with Crippen LogP contribution in [-0.4, -0.2) is 28.6 Å². The van der Waals surface area contributed by atoms with Gasteiger partial charge in [0.15, 0.2) is 0 Å². The SMILES string of the molecule is Cc1cc(C)cc(NC(=O)CSc2cccc(NC(=O)c3ccccc3C(=O)O)c2)c1. The Balaban J connectivity index is 1.62. The van der Waals surface area contributed by atoms with Crippen molar-refractivity contribution in [3.05, 3.63) is 89.0 Å². The van der Waals surface area contributed by atoms with Crippen molar-refractivity contribution in [2.75, 3.05) is 16.4 Å². The van der Waals surface area contributed by atoms with E-state index in [1.807, 2.05) is 38.1 Å². The van der Waals surface area contributed by atoms with Crippen LogP contribution in [0.1, 0.15) is 31.8 Å². The molecule has 0 aliphatic heterocycles. The third-order valence-electron chi connectivity index (χ3n) is 4.37. The molecule has 158 valence electrons. The van der Waals surface area contributed by atoms with Crippen LogP contribution in [0.15, 0.2) is 71.6 Å². The molecule has 0 aliphatic carbocycles. The van der Waals surface area contributed by atoms with E-state index in [0.29, 0.717) is 5.69 Å². The molecule has 0 aliphatic rings. The van der Waals surface area contributed by atoms with Gasteiger partial charge in [0.1, 0.15) is 0 Å². The van der Waals surface area contributed by atoms with Gasteiger partial charge in [0.25, 0.3) is 5.91 Å². The molecule has 0 saturated carbocycles. The van der Waals surface area contributed by atoms with E-state index in [1.165, 1.54) is 23.9 Å². The minimum Gasteiger partial charge on any atom is -0.478 e. The van der Waals surface area contributed by atoms with Crippen LogP contribution >= 0.6 is 11.8 Å². The van der Waals surface area contributed by atoms with Gasteiger partial charge in [0, 0.05) is 16.3 Å². The highest BCUT2D eigenvalue weighted by molar-refractivity contribution is 8.00. The lowest BCUT2D eigenvalue weighted by Gasteiger charge is -2.10. The predicted octanol–water partition coefficient (Wildman–Crippen LogP) is 4.98. The Morgan fingerprint density at radius 2 is 1.48 bits per heavy atom. The predicted molar refractivity (Wildman–Crippen MR) is 123 cm³/mol. The smallest absolute Gasteiger partial charge is 0.336 e. The molecule has 3 N–H and O–H groups in total. The number of amides is 2. The number of thioether (sulfide) groups is 1. The molecule has 3 aromatic rings. The molecule has 31 heavy (non-hydrogen) atoms. The lowest BCUT2D eigenvalue weighted by atomic mass is 10.1. The number of anilines is 2. The first-order valence-electron chi connectivity index (χ1n) is 9.56. The number of carboxylic acid groups (broad SMARTS) is 1. The highest BCUT2D eigenvalue weighted by Gasteiger charge is 2.16. The first-order chi connectivity index (χ1) is 14.8. The second-order valence-electron chi connectivity index (χ2n) is 7.05. The van der Waals surface area contributed by atoms with Crippen LogP contribution in [0.4, 0.5) is 11.4 Å². The number of benzene rings is 3. The fourth-order valence-corrected chi connectivity index (χ4v) is 3.88. The Labute approximate surface area is 184 Å². The molecule has 0 saturated heterocycles. The third kappa shape index (κ3) is 6.20. The summed E-state index contributed by atoms with van der Waals surface area (Å²) in [6, 6.07) is 19.0. The normalized spacial score (nSPS) is 10.4. The summed E-state index contributed by atoms with van der Waals surface area (Å²) in [5, 5.41) is 14.9. The quantitative estimate of drug-likeness (QED) is 0.456. The van der Waals surface area contributed by atoms with E-state index in [-0.39, 0.29) is 22.8 Å². The Bertz CT molecular complexity index is 1120. The lowest BCUT2D eigenvalue weighted by Crippen LogP contribution is -2.16. The van der Waals surface area contributed by atoms with E-state index < -0.39 is 11.9 Å². The van der Waals surface area contributed by atoms with Crippen molar-refractivity contribution >= 4 is 40.9 Å². The van der Waals surface area contributed by atoms with Crippen molar-refractivity contribution in [3.8, 4) is 0 Å². The van der Waals surface area contributed by atoms with Crippen molar-refractivity contribution in [1.29, 1.82) is 0 Å². The molecular weight excluding hydrogens is 412 g/mol. The zero-order chi connectivity index (χ0) is 22.4. The number of aromatic carboxylic acids is 1. The third-order valence-corrected chi connectivity index (χ3v) is 5.36. The fourth-order valence-electron chi connectivity index (χ4n) is 3.12. The fraction of sp³-hybridized carbons (Fsp3) is 0.125. The maximum Gasteiger partial charge on any atom is 0.336 e. The van der Waals surface area contributed by atoms with Crippen LogP contribution < -0.4 is 10.6 Å². The van der Waals surface area contributed by atoms with E-state index in [2.05, 4.69) is 10.6 Å². The van der Waals surface area contributed by atoms with Crippen LogP contribution in [0, 0.1) is 13.8 Å². The minimum atomic E-state index is -1.16. The molecule has 0 heterocycles. The largest absolute Gasteiger partial charge is 0.478 e. The van der Waals surface area contributed by atoms with Crippen molar-refractivity contribution < 1.29 is 19.5 Å². The van der Waals surface area contributed by atoms with Crippen LogP contribution in [0.2, 0.25) is 0 Å². The monoisotopic (exact) mass is 434 g/mol. The summed E-state index contributed by atoms with van der Waals surface area (Å²) in [7, 11) is 0. The van der Waals surface area contributed by atoms with Crippen LogP contribution in [0.5, 0.6) is 0 Å². The first-order valence-corrected chi connectivity index (χ1v) is 10.5. The highest BCUT2D eigenvalue weighted by atomic mass is 32.2. The van der Waals surface area contributed by atoms with Gasteiger partial charge >= 0.3 is 5.97 Å². The second kappa shape index (κ2) is 9.95. The number of carbonyl (C=O) groups excluding carboxylic acids is 2. The van der Waals surface area contributed by atoms with Gasteiger partial charge < -0.3 is 15.7 Å². The van der Waals surface area contributed by atoms with Gasteiger partial charge in [0.05, 0.1) is 16.9 Å². The van der Waals surface area contributed by atoms with Crippen molar-refractivity contribution in [2.24, 2.45) is 0 Å². The average molecular weight is 435 g/mol. The number of carboxylic acids is 1. The van der Waals surface area contributed by atoms with Gasteiger partial charge in [-0.05, 0) is 67.4 Å². The van der Waals surface area contributed by atoms with E-state index in [4.69, 9.17) is 0 Å². The summed E-state index contributed by atoms with van der Waals surface area (Å²) in [6.45, 7) is 3.96. The summed E-state index contributed by atoms with van der Waals surface area (Å²) in [6.07, 6.45) is 0. The van der Waals surface area contributed by atoms with Crippen LogP contribution in [0.25, 0.3) is 0 Å². The summed E-state index contributed by atoms with van der Waals surface area (Å²) < 4.78 is 0. The van der Waals surface area contributed by atoms with Gasteiger partial charge in [-0.3, -0.25) is 9.59 Å². The molecule has 3 aromatic carbocycles. The van der Waals surface area contributed by atoms with Gasteiger partial charge in [-0.1, -0.05) is 24.3 Å². The van der Waals surface area contributed by atoms with E-state index in [9.17, 15) is 19.5 Å². The molecule has 0 bridgehead atoms. The summed E-state index contributed by atoms with van der Waals surface area (Å²) in [4.78, 5) is 37.0. The average Bonchev–Trinajstić information content (AvgIpc) is 2.71. The molecule has 7 heteroatoms. The number of hydrogen-bond acceptors (Lipinski definition) is 4. The van der Waals surface area contributed by atoms with Crippen LogP contribution in [0.3, 0.4) is 0 Å². The van der Waals surface area contributed by atoms with Crippen molar-refractivity contribution in [1.82, 2.24) is 0 Å². The standard InChI is InChI=1S/C24H22N2O4S/c1-15-10-16(2)12-18(11-15)25-22(27)14-31-19-7-5-6-17(13-19)26-23(28)20-8-3-4-9-21(20)24(29)30/h3-13H,14H2,1-2H3,(H,25,27)(H,26,28)(H,29,30). The molecule has 0 unspecified atom stereocenters. The number of carbonyl (C=O) groups is 3. The van der Waals surface area contributed by atoms with E-state index in [0.717, 1.165) is 21.7 Å². The Morgan fingerprint density at radius 1 is 0.806 bits per heavy atom. The van der Waals surface area contributed by atoms with Gasteiger partial charge in [-0.25, -0.2) is 4.79 Å². The molecule has 0 radical (unpaired) electrons. The van der Waals surface area contributed by atoms with E-state index >= 15 is 0 Å². The van der Waals surface area contributed by atoms with Crippen molar-refractivity contribution in [2.45, 2.75) is 18.7 Å². The Morgan fingerprint density at radius 3 is 2.16 bits per heavy atom. The molecule has 3 rings (SSSR count). The van der Waals surface area contributed by atoms with Gasteiger partial charge in [0.2, 0.25) is 5.91 Å². The second-order valence-corrected chi connectivity index (χ2v) is 8.09. The van der Waals surface area contributed by atoms with Crippen molar-refractivity contribution in [3.63, 3.8) is 0 Å². The molecule has 0 atom stereocenters. The minimum absolute atomic E-state index is 0.0615. The maximum absolute atomic E-state index is 12.5. The molecule has 0 spiro atoms. The van der Waals surface area contributed by atoms with E-state index in [1.54, 1.807) is 30.3 Å². The number of rotatable bonds is 7. The number of hydrogen-bond donors (Lipinski definition) is 3. The highest BCUT2D eigenvalue weighted by Crippen LogP contribution is 2.23. The zero-order valence-electron chi connectivity index (χ0n) is 17.1. The Kier molecular flexibility index (Phi) is 7.10. The maximum atomic E-state index is 12.5. The molecule has 0 fully saturated rings. The van der Waals surface area contributed by atoms with Gasteiger partial charge in [-0.2, -0.15) is 0 Å². The molecule has 2 amide bonds. The number of aryl methyl sites for hydroxylation is 2. The summed E-state index contributed by atoms with van der Waals surface area (Å²) in [5.74, 6) is -1.58. The topological polar surface area (TPSA) is 95.5 Å². The molecule has 0 aromatic heterocycles. The lowest BCUT2D eigenvalue weighted by molar-refractivity contribution is -0.113.